The second kappa shape index (κ2) is 7.34. The summed E-state index contributed by atoms with van der Waals surface area (Å²) in [6.07, 6.45) is 0. The first-order chi connectivity index (χ1) is 16.6. The van der Waals surface area contributed by atoms with E-state index >= 15 is 0 Å². The van der Waals surface area contributed by atoms with Gasteiger partial charge in [-0.25, -0.2) is 0 Å². The van der Waals surface area contributed by atoms with Gasteiger partial charge in [0.25, 0.3) is 0 Å². The molecule has 35 heavy (non-hydrogen) atoms. The highest BCUT2D eigenvalue weighted by molar-refractivity contribution is 9.10. The summed E-state index contributed by atoms with van der Waals surface area (Å²) in [4.78, 5) is 0. The number of benzene rings is 4. The van der Waals surface area contributed by atoms with E-state index in [0.29, 0.717) is 0 Å². The van der Waals surface area contributed by atoms with Crippen LogP contribution in [0, 0.1) is 5.41 Å². The molecule has 0 aliphatic heterocycles. The number of halogens is 1. The fourth-order valence-corrected chi connectivity index (χ4v) is 6.92. The van der Waals surface area contributed by atoms with Crippen LogP contribution in [-0.2, 0) is 10.8 Å². The highest BCUT2D eigenvalue weighted by Gasteiger charge is 2.56. The average molecular weight is 523 g/mol. The Balaban J connectivity index is 1.70. The SMILES string of the molecule is CC1(C)c2cc(Br)c(-c3cccc4c3c3ccccc3n4-c3ccccc3)cc2C(C)(C)C1(C)C. The van der Waals surface area contributed by atoms with Gasteiger partial charge in [-0.05, 0) is 74.9 Å². The van der Waals surface area contributed by atoms with Gasteiger partial charge in [-0.1, -0.05) is 106 Å². The summed E-state index contributed by atoms with van der Waals surface area (Å²) in [5.41, 5.74) is 9.42. The van der Waals surface area contributed by atoms with E-state index < -0.39 is 0 Å². The monoisotopic (exact) mass is 521 g/mol. The minimum atomic E-state index is 0.0627. The number of fused-ring (bicyclic) bond motifs is 4. The summed E-state index contributed by atoms with van der Waals surface area (Å²) in [7, 11) is 0. The topological polar surface area (TPSA) is 4.93 Å². The van der Waals surface area contributed by atoms with E-state index in [2.05, 4.69) is 147 Å². The van der Waals surface area contributed by atoms with Crippen LogP contribution < -0.4 is 0 Å². The molecule has 5 aromatic rings. The summed E-state index contributed by atoms with van der Waals surface area (Å²) in [5.74, 6) is 0. The molecule has 1 nitrogen and oxygen atoms in total. The van der Waals surface area contributed by atoms with E-state index in [1.807, 2.05) is 0 Å². The number of hydrogen-bond acceptors (Lipinski definition) is 0. The molecule has 0 spiro atoms. The molecule has 0 saturated carbocycles. The summed E-state index contributed by atoms with van der Waals surface area (Å²) in [5, 5.41) is 2.59. The minimum absolute atomic E-state index is 0.0627. The maximum Gasteiger partial charge on any atom is 0.0547 e. The lowest BCUT2D eigenvalue weighted by Gasteiger charge is -2.44. The van der Waals surface area contributed by atoms with Gasteiger partial charge in [0.2, 0.25) is 0 Å². The first-order valence-corrected chi connectivity index (χ1v) is 13.3. The summed E-state index contributed by atoms with van der Waals surface area (Å²) in [6.45, 7) is 14.5. The Morgan fingerprint density at radius 2 is 1.20 bits per heavy atom. The molecule has 0 bridgehead atoms. The number of hydrogen-bond donors (Lipinski definition) is 0. The Morgan fingerprint density at radius 1 is 0.600 bits per heavy atom. The van der Waals surface area contributed by atoms with Gasteiger partial charge in [0.05, 0.1) is 11.0 Å². The Hall–Kier alpha value is -2.84. The molecule has 0 radical (unpaired) electrons. The van der Waals surface area contributed by atoms with Gasteiger partial charge in [-0.3, -0.25) is 0 Å². The average Bonchev–Trinajstić information content (AvgIpc) is 3.22. The van der Waals surface area contributed by atoms with E-state index in [0.717, 1.165) is 0 Å². The van der Waals surface area contributed by atoms with Gasteiger partial charge in [-0.15, -0.1) is 0 Å². The lowest BCUT2D eigenvalue weighted by molar-refractivity contribution is 0.125. The van der Waals surface area contributed by atoms with Gasteiger partial charge in [0.15, 0.2) is 0 Å². The number of aromatic nitrogens is 1. The van der Waals surface area contributed by atoms with Crippen LogP contribution in [0.15, 0.2) is 89.4 Å². The van der Waals surface area contributed by atoms with Gasteiger partial charge < -0.3 is 4.57 Å². The molecule has 4 aromatic carbocycles. The lowest BCUT2D eigenvalue weighted by Crippen LogP contribution is -2.42. The van der Waals surface area contributed by atoms with Crippen LogP contribution in [0.2, 0.25) is 0 Å². The van der Waals surface area contributed by atoms with Crippen LogP contribution in [0.5, 0.6) is 0 Å². The van der Waals surface area contributed by atoms with Crippen molar-refractivity contribution < 1.29 is 0 Å². The van der Waals surface area contributed by atoms with E-state index in [4.69, 9.17) is 0 Å². The maximum atomic E-state index is 4.01. The van der Waals surface area contributed by atoms with E-state index in [1.165, 1.54) is 54.2 Å². The minimum Gasteiger partial charge on any atom is -0.309 e. The largest absolute Gasteiger partial charge is 0.309 e. The van der Waals surface area contributed by atoms with Crippen molar-refractivity contribution in [1.82, 2.24) is 4.57 Å². The third-order valence-corrected chi connectivity index (χ3v) is 10.2. The van der Waals surface area contributed by atoms with Crippen molar-refractivity contribution in [2.75, 3.05) is 0 Å². The molecule has 1 aliphatic carbocycles. The zero-order valence-electron chi connectivity index (χ0n) is 21.4. The molecule has 1 aliphatic rings. The molecule has 176 valence electrons. The van der Waals surface area contributed by atoms with Crippen molar-refractivity contribution in [1.29, 1.82) is 0 Å². The Morgan fingerprint density at radius 3 is 1.91 bits per heavy atom. The number of para-hydroxylation sites is 2. The fraction of sp³-hybridized carbons (Fsp3) is 0.273. The molecule has 2 heteroatoms. The van der Waals surface area contributed by atoms with E-state index in [9.17, 15) is 0 Å². The quantitative estimate of drug-likeness (QED) is 0.217. The van der Waals surface area contributed by atoms with Crippen molar-refractivity contribution >= 4 is 37.7 Å². The van der Waals surface area contributed by atoms with Crippen LogP contribution in [0.4, 0.5) is 0 Å². The van der Waals surface area contributed by atoms with Crippen LogP contribution in [-0.4, -0.2) is 4.57 Å². The molecule has 0 unspecified atom stereocenters. The van der Waals surface area contributed by atoms with Crippen molar-refractivity contribution in [3.05, 3.63) is 101 Å². The Bertz CT molecular complexity index is 1620. The van der Waals surface area contributed by atoms with E-state index in [1.54, 1.807) is 0 Å². The van der Waals surface area contributed by atoms with Gasteiger partial charge >= 0.3 is 0 Å². The molecule has 0 N–H and O–H groups in total. The molecule has 0 amide bonds. The first kappa shape index (κ1) is 22.6. The Labute approximate surface area is 216 Å². The normalized spacial score (nSPS) is 17.7. The smallest absolute Gasteiger partial charge is 0.0547 e. The maximum absolute atomic E-state index is 4.01. The third kappa shape index (κ3) is 2.87. The lowest BCUT2D eigenvalue weighted by atomic mass is 9.59. The number of rotatable bonds is 2. The zero-order chi connectivity index (χ0) is 24.8. The molecule has 1 aromatic heterocycles. The predicted octanol–water partition coefficient (Wildman–Crippen LogP) is 9.81. The molecule has 1 heterocycles. The van der Waals surface area contributed by atoms with Gasteiger partial charge in [0, 0.05) is 20.9 Å². The summed E-state index contributed by atoms with van der Waals surface area (Å²) in [6, 6.07) is 31.1. The predicted molar refractivity (Wildman–Crippen MR) is 154 cm³/mol. The van der Waals surface area contributed by atoms with Crippen molar-refractivity contribution in [3.8, 4) is 16.8 Å². The molecular formula is C33H32BrN. The summed E-state index contributed by atoms with van der Waals surface area (Å²) >= 11 is 4.01. The first-order valence-electron chi connectivity index (χ1n) is 12.5. The van der Waals surface area contributed by atoms with Crippen LogP contribution in [0.1, 0.15) is 52.7 Å². The Kier molecular flexibility index (Phi) is 4.74. The second-order valence-corrected chi connectivity index (χ2v) is 12.5. The molecule has 0 fully saturated rings. The second-order valence-electron chi connectivity index (χ2n) is 11.6. The van der Waals surface area contributed by atoms with Gasteiger partial charge in [-0.2, -0.15) is 0 Å². The molecule has 0 atom stereocenters. The highest BCUT2D eigenvalue weighted by atomic mass is 79.9. The van der Waals surface area contributed by atoms with Crippen LogP contribution in [0.3, 0.4) is 0 Å². The molecule has 0 saturated heterocycles. The van der Waals surface area contributed by atoms with Gasteiger partial charge in [0.1, 0.15) is 0 Å². The van der Waals surface area contributed by atoms with Crippen LogP contribution >= 0.6 is 15.9 Å². The van der Waals surface area contributed by atoms with Crippen molar-refractivity contribution in [2.24, 2.45) is 5.41 Å². The third-order valence-electron chi connectivity index (χ3n) is 9.58. The fourth-order valence-electron chi connectivity index (χ4n) is 6.37. The standard InChI is InChI=1S/C33H32BrN/c1-31(2)25-19-24(27(34)20-26(25)32(3,4)33(31,5)6)22-16-12-18-29-30(22)23-15-10-11-17-28(23)35(29)21-13-8-7-9-14-21/h7-20H,1-6H3. The van der Waals surface area contributed by atoms with Crippen molar-refractivity contribution in [2.45, 2.75) is 52.4 Å². The van der Waals surface area contributed by atoms with Crippen LogP contribution in [0.25, 0.3) is 38.6 Å². The zero-order valence-corrected chi connectivity index (χ0v) is 23.0. The van der Waals surface area contributed by atoms with E-state index in [-0.39, 0.29) is 16.2 Å². The molecule has 6 rings (SSSR count). The molecular weight excluding hydrogens is 490 g/mol. The highest BCUT2D eigenvalue weighted by Crippen LogP contribution is 2.62. The summed E-state index contributed by atoms with van der Waals surface area (Å²) < 4.78 is 3.56. The number of nitrogens with zero attached hydrogens (tertiary/aromatic N) is 1. The van der Waals surface area contributed by atoms with Crippen molar-refractivity contribution in [3.63, 3.8) is 0 Å².